The zero-order chi connectivity index (χ0) is 13.5. The first-order valence-corrected chi connectivity index (χ1v) is 8.11. The Hall–Kier alpha value is -0.840. The predicted octanol–water partition coefficient (Wildman–Crippen LogP) is 4.24. The number of thiophene rings is 1. The molecule has 0 aliphatic heterocycles. The van der Waals surface area contributed by atoms with Crippen LogP contribution in [0.15, 0.2) is 40.2 Å². The first kappa shape index (κ1) is 14.6. The van der Waals surface area contributed by atoms with Gasteiger partial charge in [0.05, 0.1) is 0 Å². The number of hydrogen-bond donors (Lipinski definition) is 1. The fourth-order valence-electron chi connectivity index (χ4n) is 1.84. The van der Waals surface area contributed by atoms with Crippen molar-refractivity contribution in [2.45, 2.75) is 19.9 Å². The molecule has 0 saturated heterocycles. The summed E-state index contributed by atoms with van der Waals surface area (Å²) in [6.07, 6.45) is 1.11. The third-order valence-electron chi connectivity index (χ3n) is 2.85. The van der Waals surface area contributed by atoms with Gasteiger partial charge in [0, 0.05) is 22.4 Å². The molecule has 0 saturated carbocycles. The molecule has 0 aliphatic rings. The molecule has 2 nitrogen and oxygen atoms in total. The van der Waals surface area contributed by atoms with Crippen LogP contribution in [0.25, 0.3) is 0 Å². The van der Waals surface area contributed by atoms with Crippen molar-refractivity contribution < 1.29 is 4.74 Å². The minimum Gasteiger partial charge on any atom is -0.492 e. The lowest BCUT2D eigenvalue weighted by molar-refractivity contribution is 0.313. The van der Waals surface area contributed by atoms with Gasteiger partial charge in [0.25, 0.3) is 0 Å². The van der Waals surface area contributed by atoms with Crippen LogP contribution >= 0.6 is 27.3 Å². The molecule has 102 valence electrons. The van der Waals surface area contributed by atoms with Crippen molar-refractivity contribution >= 4 is 27.3 Å². The van der Waals surface area contributed by atoms with Gasteiger partial charge in [0.15, 0.2) is 0 Å². The van der Waals surface area contributed by atoms with Crippen molar-refractivity contribution in [2.24, 2.45) is 0 Å². The van der Waals surface area contributed by atoms with Gasteiger partial charge < -0.3 is 10.1 Å². The highest BCUT2D eigenvalue weighted by Gasteiger charge is 2.01. The maximum atomic E-state index is 5.67. The van der Waals surface area contributed by atoms with Crippen LogP contribution in [-0.2, 0) is 13.0 Å². The van der Waals surface area contributed by atoms with Gasteiger partial charge in [-0.1, -0.05) is 28.9 Å². The maximum Gasteiger partial charge on any atom is 0.120 e. The molecule has 0 bridgehead atoms. The molecule has 19 heavy (non-hydrogen) atoms. The number of rotatable bonds is 7. The van der Waals surface area contributed by atoms with Crippen LogP contribution in [0.5, 0.6) is 5.75 Å². The van der Waals surface area contributed by atoms with Crippen LogP contribution in [0.4, 0.5) is 0 Å². The Morgan fingerprint density at radius 1 is 1.32 bits per heavy atom. The molecule has 0 aliphatic carbocycles. The van der Waals surface area contributed by atoms with Crippen molar-refractivity contribution in [3.05, 3.63) is 50.6 Å². The smallest absolute Gasteiger partial charge is 0.120 e. The van der Waals surface area contributed by atoms with E-state index in [1.54, 1.807) is 0 Å². The lowest BCUT2D eigenvalue weighted by atomic mass is 10.2. The fraction of sp³-hybridized carbons (Fsp3) is 0.333. The van der Waals surface area contributed by atoms with E-state index in [9.17, 15) is 0 Å². The second kappa shape index (κ2) is 7.68. The van der Waals surface area contributed by atoms with E-state index in [2.05, 4.69) is 39.6 Å². The summed E-state index contributed by atoms with van der Waals surface area (Å²) in [5.74, 6) is 0.904. The Balaban J connectivity index is 1.67. The standard InChI is InChI=1S/C15H18BrNOS/c1-2-12-6-9-19-15(12)11-17-7-8-18-14-5-3-4-13(16)10-14/h3-6,9-10,17H,2,7-8,11H2,1H3. The average Bonchev–Trinajstić information content (AvgIpc) is 2.86. The number of aryl methyl sites for hydroxylation is 1. The van der Waals surface area contributed by atoms with E-state index in [-0.39, 0.29) is 0 Å². The largest absolute Gasteiger partial charge is 0.492 e. The van der Waals surface area contributed by atoms with E-state index in [0.717, 1.165) is 29.7 Å². The molecule has 1 N–H and O–H groups in total. The summed E-state index contributed by atoms with van der Waals surface area (Å²) < 4.78 is 6.72. The maximum absolute atomic E-state index is 5.67. The Labute approximate surface area is 126 Å². The second-order valence-electron chi connectivity index (χ2n) is 4.21. The number of nitrogens with one attached hydrogen (secondary N) is 1. The highest BCUT2D eigenvalue weighted by Crippen LogP contribution is 2.18. The molecule has 2 aromatic rings. The first-order valence-electron chi connectivity index (χ1n) is 6.44. The van der Waals surface area contributed by atoms with E-state index < -0.39 is 0 Å². The second-order valence-corrected chi connectivity index (χ2v) is 6.12. The third-order valence-corrected chi connectivity index (χ3v) is 4.30. The zero-order valence-electron chi connectivity index (χ0n) is 11.0. The lowest BCUT2D eigenvalue weighted by Crippen LogP contribution is -2.20. The van der Waals surface area contributed by atoms with Crippen LogP contribution in [0.2, 0.25) is 0 Å². The van der Waals surface area contributed by atoms with Gasteiger partial charge in [0.2, 0.25) is 0 Å². The van der Waals surface area contributed by atoms with E-state index in [0.29, 0.717) is 6.61 Å². The number of ether oxygens (including phenoxy) is 1. The Morgan fingerprint density at radius 3 is 3.00 bits per heavy atom. The van der Waals surface area contributed by atoms with E-state index >= 15 is 0 Å². The van der Waals surface area contributed by atoms with Gasteiger partial charge in [-0.25, -0.2) is 0 Å². The van der Waals surface area contributed by atoms with Crippen LogP contribution in [0.3, 0.4) is 0 Å². The molecule has 0 spiro atoms. The molecule has 0 fully saturated rings. The number of benzene rings is 1. The summed E-state index contributed by atoms with van der Waals surface area (Å²) in [6, 6.07) is 10.1. The third kappa shape index (κ3) is 4.64. The Kier molecular flexibility index (Phi) is 5.89. The van der Waals surface area contributed by atoms with E-state index in [4.69, 9.17) is 4.74 Å². The van der Waals surface area contributed by atoms with Gasteiger partial charge >= 0.3 is 0 Å². The fourth-order valence-corrected chi connectivity index (χ4v) is 3.16. The summed E-state index contributed by atoms with van der Waals surface area (Å²) in [5.41, 5.74) is 1.45. The van der Waals surface area contributed by atoms with E-state index in [1.165, 1.54) is 10.4 Å². The minimum absolute atomic E-state index is 0.684. The minimum atomic E-state index is 0.684. The molecule has 4 heteroatoms. The van der Waals surface area contributed by atoms with Crippen LogP contribution in [-0.4, -0.2) is 13.2 Å². The van der Waals surface area contributed by atoms with Crippen molar-refractivity contribution in [3.63, 3.8) is 0 Å². The molecule has 1 aromatic heterocycles. The molecule has 0 amide bonds. The summed E-state index contributed by atoms with van der Waals surface area (Å²) in [5, 5.41) is 5.58. The summed E-state index contributed by atoms with van der Waals surface area (Å²) in [4.78, 5) is 1.44. The molecular weight excluding hydrogens is 322 g/mol. The normalized spacial score (nSPS) is 10.6. The molecule has 1 aromatic carbocycles. The van der Waals surface area contributed by atoms with Crippen molar-refractivity contribution in [2.75, 3.05) is 13.2 Å². The molecule has 0 radical (unpaired) electrons. The van der Waals surface area contributed by atoms with Gasteiger partial charge in [-0.15, -0.1) is 11.3 Å². The van der Waals surface area contributed by atoms with Gasteiger partial charge in [0.1, 0.15) is 12.4 Å². The van der Waals surface area contributed by atoms with Crippen molar-refractivity contribution in [1.29, 1.82) is 0 Å². The summed E-state index contributed by atoms with van der Waals surface area (Å²) >= 11 is 5.25. The van der Waals surface area contributed by atoms with Crippen molar-refractivity contribution in [1.82, 2.24) is 5.32 Å². The predicted molar refractivity (Wildman–Crippen MR) is 85.0 cm³/mol. The molecule has 2 rings (SSSR count). The summed E-state index contributed by atoms with van der Waals surface area (Å²) in [7, 11) is 0. The zero-order valence-corrected chi connectivity index (χ0v) is 13.4. The monoisotopic (exact) mass is 339 g/mol. The van der Waals surface area contributed by atoms with Crippen LogP contribution < -0.4 is 10.1 Å². The lowest BCUT2D eigenvalue weighted by Gasteiger charge is -2.08. The number of hydrogen-bond acceptors (Lipinski definition) is 3. The van der Waals surface area contributed by atoms with Crippen LogP contribution in [0.1, 0.15) is 17.4 Å². The summed E-state index contributed by atoms with van der Waals surface area (Å²) in [6.45, 7) is 4.67. The van der Waals surface area contributed by atoms with E-state index in [1.807, 2.05) is 35.6 Å². The molecular formula is C15H18BrNOS. The highest BCUT2D eigenvalue weighted by molar-refractivity contribution is 9.10. The van der Waals surface area contributed by atoms with Gasteiger partial charge in [-0.3, -0.25) is 0 Å². The first-order chi connectivity index (χ1) is 9.29. The topological polar surface area (TPSA) is 21.3 Å². The highest BCUT2D eigenvalue weighted by atomic mass is 79.9. The van der Waals surface area contributed by atoms with Gasteiger partial charge in [-0.05, 0) is 41.6 Å². The Morgan fingerprint density at radius 2 is 2.21 bits per heavy atom. The molecule has 0 atom stereocenters. The number of halogens is 1. The average molecular weight is 340 g/mol. The van der Waals surface area contributed by atoms with Crippen LogP contribution in [0, 0.1) is 0 Å². The Bertz CT molecular complexity index is 512. The SMILES string of the molecule is CCc1ccsc1CNCCOc1cccc(Br)c1. The van der Waals surface area contributed by atoms with Crippen molar-refractivity contribution in [3.8, 4) is 5.75 Å². The quantitative estimate of drug-likeness (QED) is 0.761. The van der Waals surface area contributed by atoms with Gasteiger partial charge in [-0.2, -0.15) is 0 Å². The molecule has 1 heterocycles. The molecule has 0 unspecified atom stereocenters.